The molecule has 0 atom stereocenters. The molecule has 0 saturated carbocycles. The third-order valence-corrected chi connectivity index (χ3v) is 2.71. The van der Waals surface area contributed by atoms with E-state index in [1.165, 1.54) is 23.2 Å². The third kappa shape index (κ3) is 2.41. The van der Waals surface area contributed by atoms with Gasteiger partial charge < -0.3 is 0 Å². The molecule has 2 rings (SSSR count). The fourth-order valence-electron chi connectivity index (χ4n) is 2.02. The number of hydrogen-bond donors (Lipinski definition) is 0. The summed E-state index contributed by atoms with van der Waals surface area (Å²) in [4.78, 5) is 21.6. The molecular formula is C11H13N3O3. The van der Waals surface area contributed by atoms with E-state index in [1.54, 1.807) is 0 Å². The molecule has 0 saturated heterocycles. The molecule has 0 radical (unpaired) electrons. The van der Waals surface area contributed by atoms with Gasteiger partial charge in [-0.3, -0.25) is 14.9 Å². The van der Waals surface area contributed by atoms with E-state index in [9.17, 15) is 14.9 Å². The fourth-order valence-corrected chi connectivity index (χ4v) is 2.02. The van der Waals surface area contributed by atoms with Crippen molar-refractivity contribution in [2.75, 3.05) is 0 Å². The van der Waals surface area contributed by atoms with Crippen LogP contribution in [-0.4, -0.2) is 20.5 Å². The highest BCUT2D eigenvalue weighted by Crippen LogP contribution is 2.35. The monoisotopic (exact) mass is 235 g/mol. The van der Waals surface area contributed by atoms with Crippen LogP contribution in [0.1, 0.15) is 26.7 Å². The molecule has 1 aliphatic carbocycles. The molecule has 1 aromatic rings. The van der Waals surface area contributed by atoms with Gasteiger partial charge in [-0.25, -0.2) is 4.68 Å². The molecule has 17 heavy (non-hydrogen) atoms. The second kappa shape index (κ2) is 3.80. The molecule has 0 aromatic carbocycles. The second-order valence-corrected chi connectivity index (χ2v) is 5.02. The zero-order chi connectivity index (χ0) is 12.6. The first-order valence-corrected chi connectivity index (χ1v) is 5.30. The number of rotatable bonds is 2. The van der Waals surface area contributed by atoms with E-state index in [1.807, 2.05) is 13.8 Å². The van der Waals surface area contributed by atoms with Crippen LogP contribution in [0.4, 0.5) is 5.69 Å². The van der Waals surface area contributed by atoms with Crippen LogP contribution in [0.5, 0.6) is 0 Å². The van der Waals surface area contributed by atoms with Crippen molar-refractivity contribution < 1.29 is 9.72 Å². The topological polar surface area (TPSA) is 78.0 Å². The molecule has 1 heterocycles. The molecule has 6 heteroatoms. The molecule has 1 aromatic heterocycles. The van der Waals surface area contributed by atoms with E-state index in [-0.39, 0.29) is 16.9 Å². The maximum absolute atomic E-state index is 11.6. The van der Waals surface area contributed by atoms with Crippen LogP contribution >= 0.6 is 0 Å². The zero-order valence-corrected chi connectivity index (χ0v) is 9.71. The minimum atomic E-state index is -0.500. The second-order valence-electron chi connectivity index (χ2n) is 5.02. The minimum absolute atomic E-state index is 0.0365. The highest BCUT2D eigenvalue weighted by molar-refractivity contribution is 5.96. The molecule has 0 fully saturated rings. The normalized spacial score (nSPS) is 18.9. The summed E-state index contributed by atoms with van der Waals surface area (Å²) in [5, 5.41) is 14.5. The van der Waals surface area contributed by atoms with Gasteiger partial charge in [0.15, 0.2) is 5.78 Å². The average molecular weight is 235 g/mol. The van der Waals surface area contributed by atoms with Crippen LogP contribution in [0.15, 0.2) is 18.5 Å². The van der Waals surface area contributed by atoms with E-state index in [0.717, 1.165) is 0 Å². The number of carbonyl (C=O) groups excluding carboxylic acids is 1. The van der Waals surface area contributed by atoms with Gasteiger partial charge in [-0.2, -0.15) is 5.10 Å². The highest BCUT2D eigenvalue weighted by atomic mass is 16.6. The number of aromatic nitrogens is 2. The molecule has 0 spiro atoms. The lowest BCUT2D eigenvalue weighted by atomic mass is 9.79. The van der Waals surface area contributed by atoms with Crippen LogP contribution in [0.2, 0.25) is 0 Å². The Kier molecular flexibility index (Phi) is 2.57. The summed E-state index contributed by atoms with van der Waals surface area (Å²) >= 11 is 0. The number of nitrogens with zero attached hydrogens (tertiary/aromatic N) is 3. The highest BCUT2D eigenvalue weighted by Gasteiger charge is 2.29. The summed E-state index contributed by atoms with van der Waals surface area (Å²) < 4.78 is 1.41. The average Bonchev–Trinajstić information content (AvgIpc) is 2.62. The first-order chi connectivity index (χ1) is 7.87. The maximum Gasteiger partial charge on any atom is 0.307 e. The molecule has 0 unspecified atom stereocenters. The summed E-state index contributed by atoms with van der Waals surface area (Å²) in [5.74, 6) is 0.0365. The van der Waals surface area contributed by atoms with Crippen LogP contribution in [0.25, 0.3) is 5.70 Å². The smallest absolute Gasteiger partial charge is 0.295 e. The van der Waals surface area contributed by atoms with E-state index in [4.69, 9.17) is 0 Å². The molecule has 0 N–H and O–H groups in total. The Bertz CT molecular complexity index is 514. The standard InChI is InChI=1S/C11H13N3O3/c1-11(2)4-8(3-10(15)5-11)13-7-9(6-12-13)14(16)17/h3,6-7H,4-5H2,1-2H3. The third-order valence-electron chi connectivity index (χ3n) is 2.71. The Morgan fingerprint density at radius 1 is 1.47 bits per heavy atom. The molecule has 90 valence electrons. The van der Waals surface area contributed by atoms with Gasteiger partial charge >= 0.3 is 5.69 Å². The van der Waals surface area contributed by atoms with Gasteiger partial charge in [-0.15, -0.1) is 0 Å². The van der Waals surface area contributed by atoms with Crippen LogP contribution < -0.4 is 0 Å². The van der Waals surface area contributed by atoms with Crippen molar-refractivity contribution in [3.8, 4) is 0 Å². The van der Waals surface area contributed by atoms with Crippen molar-refractivity contribution in [1.82, 2.24) is 9.78 Å². The number of carbonyl (C=O) groups is 1. The van der Waals surface area contributed by atoms with Crippen molar-refractivity contribution in [3.63, 3.8) is 0 Å². The van der Waals surface area contributed by atoms with Crippen molar-refractivity contribution in [2.24, 2.45) is 5.41 Å². The van der Waals surface area contributed by atoms with Crippen molar-refractivity contribution in [1.29, 1.82) is 0 Å². The molecular weight excluding hydrogens is 222 g/mol. The predicted molar refractivity (Wildman–Crippen MR) is 61.2 cm³/mol. The zero-order valence-electron chi connectivity index (χ0n) is 9.71. The van der Waals surface area contributed by atoms with E-state index >= 15 is 0 Å². The number of ketones is 1. The number of allylic oxidation sites excluding steroid dienone is 2. The summed E-state index contributed by atoms with van der Waals surface area (Å²) in [6.07, 6.45) is 5.22. The Hall–Kier alpha value is -1.98. The summed E-state index contributed by atoms with van der Waals surface area (Å²) in [6, 6.07) is 0. The van der Waals surface area contributed by atoms with Gasteiger partial charge in [0.1, 0.15) is 12.4 Å². The summed E-state index contributed by atoms with van der Waals surface area (Å²) in [7, 11) is 0. The van der Waals surface area contributed by atoms with Gasteiger partial charge in [-0.05, 0) is 11.8 Å². The Morgan fingerprint density at radius 3 is 2.71 bits per heavy atom. The van der Waals surface area contributed by atoms with Gasteiger partial charge in [0.05, 0.1) is 4.92 Å². The quantitative estimate of drug-likeness (QED) is 0.580. The lowest BCUT2D eigenvalue weighted by Crippen LogP contribution is -2.23. The summed E-state index contributed by atoms with van der Waals surface area (Å²) in [6.45, 7) is 3.99. The van der Waals surface area contributed by atoms with Crippen molar-refractivity contribution in [3.05, 3.63) is 28.6 Å². The van der Waals surface area contributed by atoms with Gasteiger partial charge in [0, 0.05) is 18.2 Å². The van der Waals surface area contributed by atoms with Crippen LogP contribution in [0.3, 0.4) is 0 Å². The Labute approximate surface area is 98.1 Å². The molecule has 0 aliphatic heterocycles. The Morgan fingerprint density at radius 2 is 2.18 bits per heavy atom. The molecule has 1 aliphatic rings. The predicted octanol–water partition coefficient (Wildman–Crippen LogP) is 2.02. The van der Waals surface area contributed by atoms with E-state index in [2.05, 4.69) is 5.10 Å². The van der Waals surface area contributed by atoms with Crippen molar-refractivity contribution in [2.45, 2.75) is 26.7 Å². The fraction of sp³-hybridized carbons (Fsp3) is 0.455. The number of nitro groups is 1. The first kappa shape index (κ1) is 11.5. The van der Waals surface area contributed by atoms with E-state index < -0.39 is 4.92 Å². The molecule has 0 amide bonds. The van der Waals surface area contributed by atoms with Crippen LogP contribution in [0, 0.1) is 15.5 Å². The minimum Gasteiger partial charge on any atom is -0.295 e. The van der Waals surface area contributed by atoms with Crippen molar-refractivity contribution >= 4 is 17.2 Å². The SMILES string of the molecule is CC1(C)CC(=O)C=C(n2cc([N+](=O)[O-])cn2)C1. The lowest BCUT2D eigenvalue weighted by molar-refractivity contribution is -0.384. The molecule has 0 bridgehead atoms. The van der Waals surface area contributed by atoms with Gasteiger partial charge in [0.2, 0.25) is 0 Å². The maximum atomic E-state index is 11.6. The molecule has 6 nitrogen and oxygen atoms in total. The van der Waals surface area contributed by atoms with Gasteiger partial charge in [-0.1, -0.05) is 13.8 Å². The Balaban J connectivity index is 2.33. The largest absolute Gasteiger partial charge is 0.307 e. The first-order valence-electron chi connectivity index (χ1n) is 5.30. The number of hydrogen-bond acceptors (Lipinski definition) is 4. The van der Waals surface area contributed by atoms with Gasteiger partial charge in [0.25, 0.3) is 0 Å². The summed E-state index contributed by atoms with van der Waals surface area (Å²) in [5.41, 5.74) is 0.517. The lowest BCUT2D eigenvalue weighted by Gasteiger charge is -2.28. The van der Waals surface area contributed by atoms with Crippen LogP contribution in [-0.2, 0) is 4.79 Å². The van der Waals surface area contributed by atoms with E-state index in [0.29, 0.717) is 18.5 Å².